The van der Waals surface area contributed by atoms with Gasteiger partial charge in [-0.1, -0.05) is 29.8 Å². The van der Waals surface area contributed by atoms with Gasteiger partial charge >= 0.3 is 0 Å². The fraction of sp³-hybridized carbons (Fsp3) is 0.136. The second kappa shape index (κ2) is 8.81. The van der Waals surface area contributed by atoms with E-state index in [0.29, 0.717) is 17.9 Å². The van der Waals surface area contributed by atoms with Crippen LogP contribution in [0.15, 0.2) is 66.9 Å². The van der Waals surface area contributed by atoms with E-state index in [2.05, 4.69) is 20.9 Å². The molecule has 6 nitrogen and oxygen atoms in total. The van der Waals surface area contributed by atoms with E-state index in [0.717, 1.165) is 22.5 Å². The molecular formula is C22H22N4O2. The van der Waals surface area contributed by atoms with Crippen molar-refractivity contribution < 1.29 is 9.59 Å². The maximum atomic E-state index is 12.4. The molecule has 3 N–H and O–H groups in total. The summed E-state index contributed by atoms with van der Waals surface area (Å²) >= 11 is 0. The predicted octanol–water partition coefficient (Wildman–Crippen LogP) is 4.02. The number of carbonyl (C=O) groups is 2. The molecule has 0 saturated heterocycles. The third kappa shape index (κ3) is 5.41. The molecular weight excluding hydrogens is 352 g/mol. The summed E-state index contributed by atoms with van der Waals surface area (Å²) < 4.78 is 0. The van der Waals surface area contributed by atoms with Crippen LogP contribution < -0.4 is 16.0 Å². The quantitative estimate of drug-likeness (QED) is 0.608. The van der Waals surface area contributed by atoms with Gasteiger partial charge in [0.1, 0.15) is 5.82 Å². The standard InChI is InChI=1S/C22H22N4O2/c1-15-4-3-5-17(12-15)14-24-22(28)18-10-11-23-21(13-18)26-20-8-6-19(7-9-20)25-16(2)27/h3-13H,14H2,1-2H3,(H,23,26)(H,24,28)(H,25,27). The van der Waals surface area contributed by atoms with Crippen molar-refractivity contribution in [2.24, 2.45) is 0 Å². The van der Waals surface area contributed by atoms with E-state index in [9.17, 15) is 9.59 Å². The third-order valence-corrected chi connectivity index (χ3v) is 4.04. The van der Waals surface area contributed by atoms with Gasteiger partial charge in [-0.2, -0.15) is 0 Å². The monoisotopic (exact) mass is 374 g/mol. The molecule has 1 aromatic heterocycles. The van der Waals surface area contributed by atoms with Crippen molar-refractivity contribution in [3.63, 3.8) is 0 Å². The first-order valence-electron chi connectivity index (χ1n) is 8.94. The zero-order valence-electron chi connectivity index (χ0n) is 15.8. The minimum absolute atomic E-state index is 0.119. The highest BCUT2D eigenvalue weighted by Crippen LogP contribution is 2.18. The lowest BCUT2D eigenvalue weighted by Gasteiger charge is -2.09. The maximum absolute atomic E-state index is 12.4. The fourth-order valence-corrected chi connectivity index (χ4v) is 2.73. The van der Waals surface area contributed by atoms with Crippen molar-refractivity contribution in [3.05, 3.63) is 83.6 Å². The molecule has 0 bridgehead atoms. The molecule has 142 valence electrons. The SMILES string of the molecule is CC(=O)Nc1ccc(Nc2cc(C(=O)NCc3cccc(C)c3)ccn2)cc1. The molecule has 0 spiro atoms. The smallest absolute Gasteiger partial charge is 0.251 e. The molecule has 6 heteroatoms. The van der Waals surface area contributed by atoms with Crippen LogP contribution in [0, 0.1) is 6.92 Å². The van der Waals surface area contributed by atoms with Gasteiger partial charge in [0.05, 0.1) is 0 Å². The average molecular weight is 374 g/mol. The highest BCUT2D eigenvalue weighted by Gasteiger charge is 2.07. The van der Waals surface area contributed by atoms with Gasteiger partial charge in [-0.15, -0.1) is 0 Å². The van der Waals surface area contributed by atoms with Crippen LogP contribution in [0.5, 0.6) is 0 Å². The number of rotatable bonds is 6. The topological polar surface area (TPSA) is 83.1 Å². The molecule has 0 fully saturated rings. The molecule has 2 aromatic carbocycles. The highest BCUT2D eigenvalue weighted by atomic mass is 16.2. The molecule has 0 radical (unpaired) electrons. The van der Waals surface area contributed by atoms with E-state index >= 15 is 0 Å². The Kier molecular flexibility index (Phi) is 6.01. The minimum Gasteiger partial charge on any atom is -0.348 e. The Bertz CT molecular complexity index is 984. The Morgan fingerprint density at radius 2 is 1.71 bits per heavy atom. The van der Waals surface area contributed by atoms with Gasteiger partial charge in [-0.25, -0.2) is 4.98 Å². The normalized spacial score (nSPS) is 10.2. The number of carbonyl (C=O) groups excluding carboxylic acids is 2. The van der Waals surface area contributed by atoms with E-state index < -0.39 is 0 Å². The van der Waals surface area contributed by atoms with Gasteiger partial charge in [-0.05, 0) is 48.9 Å². The van der Waals surface area contributed by atoms with Crippen LogP contribution in [0.4, 0.5) is 17.2 Å². The number of benzene rings is 2. The molecule has 0 unspecified atom stereocenters. The lowest BCUT2D eigenvalue weighted by atomic mass is 10.1. The molecule has 3 aromatic rings. The summed E-state index contributed by atoms with van der Waals surface area (Å²) in [7, 11) is 0. The lowest BCUT2D eigenvalue weighted by Crippen LogP contribution is -2.22. The summed E-state index contributed by atoms with van der Waals surface area (Å²) in [5.74, 6) is 0.287. The largest absolute Gasteiger partial charge is 0.348 e. The minimum atomic E-state index is -0.159. The molecule has 0 aliphatic rings. The predicted molar refractivity (Wildman–Crippen MR) is 111 cm³/mol. The first-order chi connectivity index (χ1) is 13.5. The number of nitrogens with zero attached hydrogens (tertiary/aromatic N) is 1. The van der Waals surface area contributed by atoms with E-state index in [1.807, 2.05) is 43.3 Å². The Hall–Kier alpha value is -3.67. The highest BCUT2D eigenvalue weighted by molar-refractivity contribution is 5.95. The summed E-state index contributed by atoms with van der Waals surface area (Å²) in [5, 5.41) is 8.80. The second-order valence-corrected chi connectivity index (χ2v) is 6.49. The van der Waals surface area contributed by atoms with Crippen LogP contribution in [0.3, 0.4) is 0 Å². The fourth-order valence-electron chi connectivity index (χ4n) is 2.73. The van der Waals surface area contributed by atoms with Crippen LogP contribution in [0.25, 0.3) is 0 Å². The number of amides is 2. The molecule has 0 saturated carbocycles. The zero-order chi connectivity index (χ0) is 19.9. The molecule has 0 aliphatic heterocycles. The number of hydrogen-bond donors (Lipinski definition) is 3. The van der Waals surface area contributed by atoms with Crippen molar-refractivity contribution in [1.82, 2.24) is 10.3 Å². The van der Waals surface area contributed by atoms with Crippen molar-refractivity contribution in [2.45, 2.75) is 20.4 Å². The first-order valence-corrected chi connectivity index (χ1v) is 8.94. The van der Waals surface area contributed by atoms with Crippen LogP contribution >= 0.6 is 0 Å². The van der Waals surface area contributed by atoms with Crippen molar-refractivity contribution >= 4 is 29.0 Å². The molecule has 1 heterocycles. The summed E-state index contributed by atoms with van der Waals surface area (Å²) in [5.41, 5.74) is 4.26. The summed E-state index contributed by atoms with van der Waals surface area (Å²) in [6, 6.07) is 18.7. The van der Waals surface area contributed by atoms with E-state index in [-0.39, 0.29) is 11.8 Å². The number of anilines is 3. The second-order valence-electron chi connectivity index (χ2n) is 6.49. The van der Waals surface area contributed by atoms with E-state index in [4.69, 9.17) is 0 Å². The van der Waals surface area contributed by atoms with Gasteiger partial charge < -0.3 is 16.0 Å². The van der Waals surface area contributed by atoms with Crippen LogP contribution in [-0.4, -0.2) is 16.8 Å². The van der Waals surface area contributed by atoms with Crippen LogP contribution in [0.1, 0.15) is 28.4 Å². The average Bonchev–Trinajstić information content (AvgIpc) is 2.67. The number of aryl methyl sites for hydroxylation is 1. The van der Waals surface area contributed by atoms with Gasteiger partial charge in [0.25, 0.3) is 5.91 Å². The Morgan fingerprint density at radius 1 is 0.964 bits per heavy atom. The van der Waals surface area contributed by atoms with E-state index in [1.54, 1.807) is 30.5 Å². The Morgan fingerprint density at radius 3 is 2.43 bits per heavy atom. The van der Waals surface area contributed by atoms with E-state index in [1.165, 1.54) is 6.92 Å². The molecule has 0 aliphatic carbocycles. The van der Waals surface area contributed by atoms with Crippen molar-refractivity contribution in [3.8, 4) is 0 Å². The van der Waals surface area contributed by atoms with Gasteiger partial charge in [-0.3, -0.25) is 9.59 Å². The summed E-state index contributed by atoms with van der Waals surface area (Å²) in [6.07, 6.45) is 1.59. The molecule has 28 heavy (non-hydrogen) atoms. The first kappa shape index (κ1) is 19.1. The van der Waals surface area contributed by atoms with Crippen molar-refractivity contribution in [2.75, 3.05) is 10.6 Å². The lowest BCUT2D eigenvalue weighted by molar-refractivity contribution is -0.114. The number of hydrogen-bond acceptors (Lipinski definition) is 4. The zero-order valence-corrected chi connectivity index (χ0v) is 15.8. The van der Waals surface area contributed by atoms with Crippen molar-refractivity contribution in [1.29, 1.82) is 0 Å². The molecule has 2 amide bonds. The maximum Gasteiger partial charge on any atom is 0.251 e. The number of pyridine rings is 1. The van der Waals surface area contributed by atoms with Gasteiger partial charge in [0.2, 0.25) is 5.91 Å². The number of aromatic nitrogens is 1. The van der Waals surface area contributed by atoms with Gasteiger partial charge in [0, 0.05) is 36.6 Å². The summed E-state index contributed by atoms with van der Waals surface area (Å²) in [6.45, 7) is 3.95. The summed E-state index contributed by atoms with van der Waals surface area (Å²) in [4.78, 5) is 27.8. The van der Waals surface area contributed by atoms with Crippen LogP contribution in [-0.2, 0) is 11.3 Å². The number of nitrogens with one attached hydrogen (secondary N) is 3. The molecule has 3 rings (SSSR count). The Balaban J connectivity index is 1.63. The Labute approximate surface area is 164 Å². The third-order valence-electron chi connectivity index (χ3n) is 4.04. The van der Waals surface area contributed by atoms with Crippen LogP contribution in [0.2, 0.25) is 0 Å². The molecule has 0 atom stereocenters. The van der Waals surface area contributed by atoms with Gasteiger partial charge in [0.15, 0.2) is 0 Å².